The summed E-state index contributed by atoms with van der Waals surface area (Å²) in [4.78, 5) is 0. The van der Waals surface area contributed by atoms with Crippen molar-refractivity contribution in [3.63, 3.8) is 0 Å². The smallest absolute Gasteiger partial charge is 0.180 e. The summed E-state index contributed by atoms with van der Waals surface area (Å²) in [6.45, 7) is 0. The molecule has 1 heterocycles. The molecule has 0 radical (unpaired) electrons. The van der Waals surface area contributed by atoms with Crippen molar-refractivity contribution >= 4 is 11.1 Å². The minimum absolute atomic E-state index is 0.816. The van der Waals surface area contributed by atoms with E-state index in [1.54, 1.807) is 12.4 Å². The molecule has 3 aromatic carbocycles. The summed E-state index contributed by atoms with van der Waals surface area (Å²) < 4.78 is 0.816. The molecule has 0 saturated carbocycles. The fraction of sp³-hybridized carbons (Fsp3) is 0. The molecule has 4 aromatic rings. The van der Waals surface area contributed by atoms with Crippen LogP contribution in [0.25, 0.3) is 11.1 Å². The summed E-state index contributed by atoms with van der Waals surface area (Å²) in [6.07, 6.45) is 3.10. The molecule has 0 aliphatic rings. The molecule has 0 aliphatic carbocycles. The van der Waals surface area contributed by atoms with Gasteiger partial charge in [-0.3, -0.25) is 0 Å². The lowest BCUT2D eigenvalue weighted by molar-refractivity contribution is -0.605. The number of pyridine rings is 1. The zero-order valence-corrected chi connectivity index (χ0v) is 14.8. The second-order valence-corrected chi connectivity index (χ2v) is 6.29. The van der Waals surface area contributed by atoms with Crippen LogP contribution in [-0.4, -0.2) is 0 Å². The zero-order chi connectivity index (χ0) is 18.5. The summed E-state index contributed by atoms with van der Waals surface area (Å²) in [5.41, 5.74) is 6.65. The molecule has 0 spiro atoms. The average Bonchev–Trinajstić information content (AvgIpc) is 2.75. The number of hydrogen-bond donors (Lipinski definition) is 0. The van der Waals surface area contributed by atoms with E-state index in [1.165, 1.54) is 0 Å². The first-order valence-corrected chi connectivity index (χ1v) is 8.93. The van der Waals surface area contributed by atoms with Crippen LogP contribution in [0.5, 0.6) is 0 Å². The van der Waals surface area contributed by atoms with Crippen LogP contribution in [0.4, 0.5) is 0 Å². The molecule has 0 N–H and O–H groups in total. The van der Waals surface area contributed by atoms with Crippen molar-refractivity contribution in [2.45, 2.75) is 0 Å². The fourth-order valence-electron chi connectivity index (χ4n) is 3.30. The summed E-state index contributed by atoms with van der Waals surface area (Å²) in [7, 11) is 0. The molecule has 130 valence electrons. The molecule has 0 atom stereocenters. The molecule has 27 heavy (non-hydrogen) atoms. The summed E-state index contributed by atoms with van der Waals surface area (Å²) >= 11 is 0. The van der Waals surface area contributed by atoms with Crippen molar-refractivity contribution in [1.82, 2.24) is 0 Å². The number of rotatable bonds is 4. The number of hydrogen-bond acceptors (Lipinski definition) is 1. The maximum Gasteiger partial charge on any atom is 0.180 e. The van der Waals surface area contributed by atoms with E-state index < -0.39 is 0 Å². The molecule has 2 heteroatoms. The lowest BCUT2D eigenvalue weighted by Gasteiger charge is -2.17. The SMILES string of the molecule is [O-][n+]1ccc(C(=C(c2ccccc2)c2ccccc2)c2ccccc2)cc1. The first-order chi connectivity index (χ1) is 13.3. The van der Waals surface area contributed by atoms with Crippen LogP contribution >= 0.6 is 0 Å². The Labute approximate surface area is 159 Å². The van der Waals surface area contributed by atoms with Crippen LogP contribution in [0.3, 0.4) is 0 Å². The third-order valence-electron chi connectivity index (χ3n) is 4.53. The van der Waals surface area contributed by atoms with Gasteiger partial charge in [0, 0.05) is 12.1 Å². The molecule has 0 fully saturated rings. The first kappa shape index (κ1) is 16.8. The Balaban J connectivity index is 2.08. The molecular formula is C25H19NO. The molecule has 0 unspecified atom stereocenters. The van der Waals surface area contributed by atoms with E-state index in [9.17, 15) is 5.21 Å². The average molecular weight is 349 g/mol. The number of nitrogens with zero attached hydrogens (tertiary/aromatic N) is 1. The van der Waals surface area contributed by atoms with E-state index in [0.717, 1.165) is 38.1 Å². The van der Waals surface area contributed by atoms with Crippen molar-refractivity contribution in [1.29, 1.82) is 0 Å². The highest BCUT2D eigenvalue weighted by atomic mass is 16.5. The molecule has 4 rings (SSSR count). The van der Waals surface area contributed by atoms with E-state index >= 15 is 0 Å². The van der Waals surface area contributed by atoms with Gasteiger partial charge >= 0.3 is 0 Å². The Hall–Kier alpha value is -3.65. The molecule has 0 aliphatic heterocycles. The van der Waals surface area contributed by atoms with E-state index in [0.29, 0.717) is 0 Å². The molecule has 0 bridgehead atoms. The maximum absolute atomic E-state index is 11.6. The van der Waals surface area contributed by atoms with E-state index in [-0.39, 0.29) is 0 Å². The van der Waals surface area contributed by atoms with Crippen molar-refractivity contribution in [2.24, 2.45) is 0 Å². The lowest BCUT2D eigenvalue weighted by atomic mass is 9.86. The normalized spacial score (nSPS) is 10.4. The molecule has 0 amide bonds. The van der Waals surface area contributed by atoms with Crippen LogP contribution in [-0.2, 0) is 0 Å². The van der Waals surface area contributed by atoms with Gasteiger partial charge in [0.05, 0.1) is 0 Å². The molecule has 2 nitrogen and oxygen atoms in total. The second kappa shape index (κ2) is 7.71. The molecule has 1 aromatic heterocycles. The number of benzene rings is 3. The number of aromatic nitrogens is 1. The third kappa shape index (κ3) is 3.65. The maximum atomic E-state index is 11.6. The Morgan fingerprint density at radius 1 is 0.444 bits per heavy atom. The van der Waals surface area contributed by atoms with Crippen LogP contribution in [0.15, 0.2) is 116 Å². The predicted octanol–water partition coefficient (Wildman–Crippen LogP) is 5.33. The van der Waals surface area contributed by atoms with Crippen LogP contribution in [0.1, 0.15) is 22.3 Å². The van der Waals surface area contributed by atoms with Crippen LogP contribution in [0.2, 0.25) is 0 Å². The summed E-state index contributed by atoms with van der Waals surface area (Å²) in [5, 5.41) is 11.6. The largest absolute Gasteiger partial charge is 0.619 e. The van der Waals surface area contributed by atoms with Crippen molar-refractivity contribution in [3.8, 4) is 0 Å². The summed E-state index contributed by atoms with van der Waals surface area (Å²) in [6, 6.07) is 34.8. The Kier molecular flexibility index (Phi) is 4.80. The quantitative estimate of drug-likeness (QED) is 0.278. The molecular weight excluding hydrogens is 330 g/mol. The van der Waals surface area contributed by atoms with Crippen molar-refractivity contribution < 1.29 is 4.73 Å². The minimum Gasteiger partial charge on any atom is -0.619 e. The van der Waals surface area contributed by atoms with Gasteiger partial charge in [-0.2, -0.15) is 4.73 Å². The summed E-state index contributed by atoms with van der Waals surface area (Å²) in [5.74, 6) is 0. The monoisotopic (exact) mass is 349 g/mol. The second-order valence-electron chi connectivity index (χ2n) is 6.29. The van der Waals surface area contributed by atoms with Gasteiger partial charge in [-0.05, 0) is 33.4 Å². The van der Waals surface area contributed by atoms with Gasteiger partial charge in [0.2, 0.25) is 0 Å². The highest BCUT2D eigenvalue weighted by molar-refractivity contribution is 6.04. The highest BCUT2D eigenvalue weighted by Gasteiger charge is 2.16. The van der Waals surface area contributed by atoms with E-state index in [4.69, 9.17) is 0 Å². The zero-order valence-electron chi connectivity index (χ0n) is 14.8. The van der Waals surface area contributed by atoms with Crippen LogP contribution < -0.4 is 4.73 Å². The third-order valence-corrected chi connectivity index (χ3v) is 4.53. The lowest BCUT2D eigenvalue weighted by Crippen LogP contribution is -2.23. The minimum atomic E-state index is 0.816. The standard InChI is InChI=1S/C25H19NO/c27-26-18-16-23(17-19-26)25(22-14-8-3-9-15-22)24(20-10-4-1-5-11-20)21-12-6-2-7-13-21/h1-19H. The van der Waals surface area contributed by atoms with Crippen LogP contribution in [0, 0.1) is 5.21 Å². The van der Waals surface area contributed by atoms with E-state index in [1.807, 2.05) is 42.5 Å². The van der Waals surface area contributed by atoms with Gasteiger partial charge in [0.1, 0.15) is 0 Å². The van der Waals surface area contributed by atoms with E-state index in [2.05, 4.69) is 60.7 Å². The Morgan fingerprint density at radius 2 is 0.741 bits per heavy atom. The van der Waals surface area contributed by atoms with Gasteiger partial charge in [0.15, 0.2) is 12.4 Å². The Bertz CT molecular complexity index is 996. The van der Waals surface area contributed by atoms with Gasteiger partial charge in [-0.1, -0.05) is 91.0 Å². The van der Waals surface area contributed by atoms with Crippen molar-refractivity contribution in [3.05, 3.63) is 143 Å². The molecule has 0 saturated heterocycles. The predicted molar refractivity (Wildman–Crippen MR) is 110 cm³/mol. The van der Waals surface area contributed by atoms with Gasteiger partial charge in [-0.15, -0.1) is 0 Å². The van der Waals surface area contributed by atoms with Gasteiger partial charge in [-0.25, -0.2) is 0 Å². The fourth-order valence-corrected chi connectivity index (χ4v) is 3.30. The van der Waals surface area contributed by atoms with Crippen molar-refractivity contribution in [2.75, 3.05) is 0 Å². The highest BCUT2D eigenvalue weighted by Crippen LogP contribution is 2.36. The van der Waals surface area contributed by atoms with Gasteiger partial charge < -0.3 is 5.21 Å². The Morgan fingerprint density at radius 3 is 1.07 bits per heavy atom. The topological polar surface area (TPSA) is 26.9 Å². The first-order valence-electron chi connectivity index (χ1n) is 8.93. The van der Waals surface area contributed by atoms with Gasteiger partial charge in [0.25, 0.3) is 0 Å².